The van der Waals surface area contributed by atoms with Crippen molar-refractivity contribution in [2.24, 2.45) is 5.10 Å². The summed E-state index contributed by atoms with van der Waals surface area (Å²) < 4.78 is 0. The number of rotatable bonds is 5. The van der Waals surface area contributed by atoms with Gasteiger partial charge in [0.05, 0.1) is 17.6 Å². The van der Waals surface area contributed by atoms with Gasteiger partial charge in [-0.15, -0.1) is 0 Å². The fourth-order valence-corrected chi connectivity index (χ4v) is 2.73. The molecular formula is C23H17N5O. The van der Waals surface area contributed by atoms with Crippen LogP contribution in [0.15, 0.2) is 96.4 Å². The Bertz CT molecular complexity index is 1070. The summed E-state index contributed by atoms with van der Waals surface area (Å²) in [5.74, 6) is -0.436. The van der Waals surface area contributed by atoms with E-state index in [1.165, 1.54) is 6.21 Å². The highest BCUT2D eigenvalue weighted by atomic mass is 16.2. The van der Waals surface area contributed by atoms with Gasteiger partial charge in [0.1, 0.15) is 0 Å². The minimum absolute atomic E-state index is 0.0496. The molecule has 1 amide bonds. The molecule has 4 rings (SSSR count). The van der Waals surface area contributed by atoms with Crippen LogP contribution in [-0.4, -0.2) is 27.1 Å². The number of hydrogen-bond acceptors (Lipinski definition) is 5. The highest BCUT2D eigenvalue weighted by molar-refractivity contribution is 5.92. The summed E-state index contributed by atoms with van der Waals surface area (Å²) >= 11 is 0. The Labute approximate surface area is 168 Å². The Kier molecular flexibility index (Phi) is 5.43. The molecule has 6 heteroatoms. The molecule has 0 unspecified atom stereocenters. The Hall–Kier alpha value is -4.19. The molecular weight excluding hydrogens is 362 g/mol. The van der Waals surface area contributed by atoms with Crippen molar-refractivity contribution in [3.63, 3.8) is 0 Å². The van der Waals surface area contributed by atoms with Gasteiger partial charge in [-0.3, -0.25) is 9.78 Å². The van der Waals surface area contributed by atoms with Crippen molar-refractivity contribution in [3.05, 3.63) is 103 Å². The average molecular weight is 379 g/mol. The second kappa shape index (κ2) is 8.67. The SMILES string of the molecule is O=C(N/N=C/c1cccnc1)c1nc(-c2ccccc2)cc(-c2ccccc2)n1. The van der Waals surface area contributed by atoms with E-state index in [-0.39, 0.29) is 5.82 Å². The van der Waals surface area contributed by atoms with Gasteiger partial charge in [0.15, 0.2) is 0 Å². The van der Waals surface area contributed by atoms with Gasteiger partial charge >= 0.3 is 5.91 Å². The standard InChI is InChI=1S/C23H17N5O/c29-23(28-25-16-17-8-7-13-24-15-17)22-26-20(18-9-3-1-4-10-18)14-21(27-22)19-11-5-2-6-12-19/h1-16H,(H,28,29)/b25-16+. The summed E-state index contributed by atoms with van der Waals surface area (Å²) in [7, 11) is 0. The summed E-state index contributed by atoms with van der Waals surface area (Å²) in [4.78, 5) is 25.5. The second-order valence-corrected chi connectivity index (χ2v) is 6.18. The zero-order valence-corrected chi connectivity index (χ0v) is 15.4. The van der Waals surface area contributed by atoms with Crippen molar-refractivity contribution in [3.8, 4) is 22.5 Å². The summed E-state index contributed by atoms with van der Waals surface area (Å²) in [5.41, 5.74) is 6.40. The van der Waals surface area contributed by atoms with E-state index in [0.29, 0.717) is 11.4 Å². The molecule has 2 aromatic heterocycles. The summed E-state index contributed by atoms with van der Waals surface area (Å²) in [6.07, 6.45) is 4.84. The number of pyridine rings is 1. The number of carbonyl (C=O) groups is 1. The third-order valence-electron chi connectivity index (χ3n) is 4.13. The maximum atomic E-state index is 12.6. The molecule has 29 heavy (non-hydrogen) atoms. The first kappa shape index (κ1) is 18.2. The van der Waals surface area contributed by atoms with Crippen molar-refractivity contribution >= 4 is 12.1 Å². The molecule has 4 aromatic rings. The fourth-order valence-electron chi connectivity index (χ4n) is 2.73. The number of aromatic nitrogens is 3. The third-order valence-corrected chi connectivity index (χ3v) is 4.13. The van der Waals surface area contributed by atoms with Crippen LogP contribution in [0.5, 0.6) is 0 Å². The van der Waals surface area contributed by atoms with E-state index in [9.17, 15) is 4.79 Å². The predicted molar refractivity (Wildman–Crippen MR) is 112 cm³/mol. The molecule has 1 N–H and O–H groups in total. The Morgan fingerprint density at radius 2 is 1.45 bits per heavy atom. The number of amides is 1. The third kappa shape index (κ3) is 4.56. The quantitative estimate of drug-likeness (QED) is 0.420. The maximum Gasteiger partial charge on any atom is 0.309 e. The highest BCUT2D eigenvalue weighted by Gasteiger charge is 2.14. The van der Waals surface area contributed by atoms with E-state index in [1.807, 2.05) is 72.8 Å². The topological polar surface area (TPSA) is 80.1 Å². The van der Waals surface area contributed by atoms with Crippen molar-refractivity contribution in [1.82, 2.24) is 20.4 Å². The molecule has 0 spiro atoms. The van der Waals surface area contributed by atoms with Crippen molar-refractivity contribution in [2.75, 3.05) is 0 Å². The molecule has 0 saturated carbocycles. The van der Waals surface area contributed by atoms with Crippen LogP contribution in [0.4, 0.5) is 0 Å². The monoisotopic (exact) mass is 379 g/mol. The molecule has 0 aliphatic carbocycles. The first-order valence-corrected chi connectivity index (χ1v) is 9.03. The lowest BCUT2D eigenvalue weighted by Gasteiger charge is -2.08. The molecule has 0 fully saturated rings. The number of nitrogens with zero attached hydrogens (tertiary/aromatic N) is 4. The van der Waals surface area contributed by atoms with Crippen molar-refractivity contribution in [1.29, 1.82) is 0 Å². The maximum absolute atomic E-state index is 12.6. The van der Waals surface area contributed by atoms with E-state index >= 15 is 0 Å². The fraction of sp³-hybridized carbons (Fsp3) is 0. The molecule has 2 aromatic carbocycles. The number of hydrogen-bond donors (Lipinski definition) is 1. The van der Waals surface area contributed by atoms with E-state index in [1.54, 1.807) is 18.5 Å². The van der Waals surface area contributed by atoms with Gasteiger partial charge in [0, 0.05) is 29.1 Å². The summed E-state index contributed by atoms with van der Waals surface area (Å²) in [6, 6.07) is 24.9. The second-order valence-electron chi connectivity index (χ2n) is 6.18. The number of benzene rings is 2. The zero-order valence-electron chi connectivity index (χ0n) is 15.4. The van der Waals surface area contributed by atoms with E-state index < -0.39 is 5.91 Å². The molecule has 2 heterocycles. The predicted octanol–water partition coefficient (Wildman–Crippen LogP) is 3.97. The lowest BCUT2D eigenvalue weighted by molar-refractivity contribution is 0.0945. The Morgan fingerprint density at radius 3 is 2.00 bits per heavy atom. The van der Waals surface area contributed by atoms with Crippen LogP contribution in [0, 0.1) is 0 Å². The van der Waals surface area contributed by atoms with Crippen LogP contribution >= 0.6 is 0 Å². The minimum atomic E-state index is -0.486. The lowest BCUT2D eigenvalue weighted by Crippen LogP contribution is -2.21. The zero-order chi connectivity index (χ0) is 19.9. The number of hydrazone groups is 1. The smallest absolute Gasteiger partial charge is 0.264 e. The van der Waals surface area contributed by atoms with Crippen LogP contribution < -0.4 is 5.43 Å². The molecule has 0 bridgehead atoms. The normalized spacial score (nSPS) is 10.8. The molecule has 6 nitrogen and oxygen atoms in total. The lowest BCUT2D eigenvalue weighted by atomic mass is 10.1. The first-order chi connectivity index (χ1) is 14.3. The van der Waals surface area contributed by atoms with Gasteiger partial charge in [0.25, 0.3) is 0 Å². The molecule has 0 aliphatic rings. The largest absolute Gasteiger partial charge is 0.309 e. The molecule has 0 aliphatic heterocycles. The number of carbonyl (C=O) groups excluding carboxylic acids is 1. The molecule has 140 valence electrons. The highest BCUT2D eigenvalue weighted by Crippen LogP contribution is 2.23. The van der Waals surface area contributed by atoms with Crippen molar-refractivity contribution < 1.29 is 4.79 Å². The van der Waals surface area contributed by atoms with Crippen LogP contribution in [0.25, 0.3) is 22.5 Å². The van der Waals surface area contributed by atoms with Gasteiger partial charge < -0.3 is 0 Å². The van der Waals surface area contributed by atoms with Gasteiger partial charge in [-0.05, 0) is 12.1 Å². The van der Waals surface area contributed by atoms with Crippen LogP contribution in [-0.2, 0) is 0 Å². The molecule has 0 atom stereocenters. The minimum Gasteiger partial charge on any atom is -0.264 e. The van der Waals surface area contributed by atoms with E-state index in [4.69, 9.17) is 0 Å². The summed E-state index contributed by atoms with van der Waals surface area (Å²) in [5, 5.41) is 3.98. The first-order valence-electron chi connectivity index (χ1n) is 9.03. The van der Waals surface area contributed by atoms with Gasteiger partial charge in [-0.2, -0.15) is 5.10 Å². The van der Waals surface area contributed by atoms with Crippen LogP contribution in [0.2, 0.25) is 0 Å². The number of nitrogens with one attached hydrogen (secondary N) is 1. The Balaban J connectivity index is 1.66. The van der Waals surface area contributed by atoms with Gasteiger partial charge in [-0.25, -0.2) is 15.4 Å². The summed E-state index contributed by atoms with van der Waals surface area (Å²) in [6.45, 7) is 0. The van der Waals surface area contributed by atoms with Gasteiger partial charge in [0.2, 0.25) is 5.82 Å². The van der Waals surface area contributed by atoms with Crippen LogP contribution in [0.1, 0.15) is 16.2 Å². The molecule has 0 saturated heterocycles. The van der Waals surface area contributed by atoms with Crippen LogP contribution in [0.3, 0.4) is 0 Å². The van der Waals surface area contributed by atoms with E-state index in [0.717, 1.165) is 16.7 Å². The Morgan fingerprint density at radius 1 is 0.828 bits per heavy atom. The van der Waals surface area contributed by atoms with Gasteiger partial charge in [-0.1, -0.05) is 66.7 Å². The van der Waals surface area contributed by atoms with Crippen molar-refractivity contribution in [2.45, 2.75) is 0 Å². The molecule has 0 radical (unpaired) electrons. The average Bonchev–Trinajstić information content (AvgIpc) is 2.80. The van der Waals surface area contributed by atoms with E-state index in [2.05, 4.69) is 25.5 Å².